The number of rotatable bonds is 3. The van der Waals surface area contributed by atoms with Crippen LogP contribution in [0.15, 0.2) is 18.2 Å². The molecule has 0 unspecified atom stereocenters. The molecule has 1 saturated heterocycles. The average Bonchev–Trinajstić information content (AvgIpc) is 2.25. The van der Waals surface area contributed by atoms with Gasteiger partial charge in [-0.15, -0.1) is 0 Å². The van der Waals surface area contributed by atoms with Crippen molar-refractivity contribution >= 4 is 17.3 Å². The zero-order chi connectivity index (χ0) is 15.0. The van der Waals surface area contributed by atoms with Crippen LogP contribution in [-0.4, -0.2) is 31.3 Å². The fraction of sp³-hybridized carbons (Fsp3) is 0.625. The third-order valence-electron chi connectivity index (χ3n) is 3.43. The summed E-state index contributed by atoms with van der Waals surface area (Å²) in [5, 5.41) is 3.96. The molecule has 0 saturated carbocycles. The van der Waals surface area contributed by atoms with E-state index in [1.165, 1.54) is 5.56 Å². The molecule has 0 atom stereocenters. The van der Waals surface area contributed by atoms with Crippen molar-refractivity contribution in [2.75, 3.05) is 25.0 Å². The number of hydrogen-bond donors (Lipinski definition) is 1. The Morgan fingerprint density at radius 3 is 2.30 bits per heavy atom. The van der Waals surface area contributed by atoms with Crippen molar-refractivity contribution in [2.45, 2.75) is 45.4 Å². The van der Waals surface area contributed by atoms with Crippen LogP contribution in [0.3, 0.4) is 0 Å². The number of nitrogens with zero attached hydrogens (tertiary/aromatic N) is 1. The molecule has 1 aliphatic rings. The number of hydrogen-bond acceptors (Lipinski definition) is 3. The maximum Gasteiger partial charge on any atom is 0.0808 e. The number of nitrogens with one attached hydrogen (secondary N) is 1. The molecular formula is C16H25ClN2O. The van der Waals surface area contributed by atoms with E-state index >= 15 is 0 Å². The van der Waals surface area contributed by atoms with Crippen molar-refractivity contribution < 1.29 is 4.74 Å². The van der Waals surface area contributed by atoms with Gasteiger partial charge in [-0.05, 0) is 52.4 Å². The Bertz CT molecular complexity index is 469. The van der Waals surface area contributed by atoms with Gasteiger partial charge in [-0.3, -0.25) is 0 Å². The molecule has 1 aliphatic heterocycles. The fourth-order valence-electron chi connectivity index (χ4n) is 3.08. The minimum atomic E-state index is -0.172. The van der Waals surface area contributed by atoms with Gasteiger partial charge in [-0.1, -0.05) is 17.7 Å². The first-order chi connectivity index (χ1) is 9.22. The summed E-state index contributed by atoms with van der Waals surface area (Å²) in [6, 6.07) is 6.29. The smallest absolute Gasteiger partial charge is 0.0808 e. The molecule has 1 fully saturated rings. The molecule has 0 radical (unpaired) electrons. The molecule has 4 heteroatoms. The monoisotopic (exact) mass is 296 g/mol. The minimum absolute atomic E-state index is 0.172. The predicted molar refractivity (Wildman–Crippen MR) is 85.7 cm³/mol. The summed E-state index contributed by atoms with van der Waals surface area (Å²) in [6.07, 6.45) is 0. The van der Waals surface area contributed by atoms with Crippen molar-refractivity contribution in [3.8, 4) is 0 Å². The molecule has 112 valence electrons. The average molecular weight is 297 g/mol. The van der Waals surface area contributed by atoms with Crippen LogP contribution in [0.1, 0.15) is 33.3 Å². The van der Waals surface area contributed by atoms with E-state index in [0.717, 1.165) is 30.3 Å². The Labute approximate surface area is 127 Å². The van der Waals surface area contributed by atoms with E-state index in [-0.39, 0.29) is 11.2 Å². The van der Waals surface area contributed by atoms with E-state index in [1.807, 2.05) is 13.1 Å². The summed E-state index contributed by atoms with van der Waals surface area (Å²) in [5.74, 6) is 0. The van der Waals surface area contributed by atoms with Crippen molar-refractivity contribution in [1.82, 2.24) is 5.32 Å². The molecule has 0 bridgehead atoms. The minimum Gasteiger partial charge on any atom is -0.366 e. The Hall–Kier alpha value is -0.770. The van der Waals surface area contributed by atoms with Crippen molar-refractivity contribution in [1.29, 1.82) is 0 Å². The molecule has 1 N–H and O–H groups in total. The summed E-state index contributed by atoms with van der Waals surface area (Å²) in [6.45, 7) is 11.0. The number of ether oxygens (including phenoxy) is 1. The predicted octanol–water partition coefficient (Wildman–Crippen LogP) is 3.45. The van der Waals surface area contributed by atoms with E-state index in [1.54, 1.807) is 0 Å². The molecule has 0 amide bonds. The summed E-state index contributed by atoms with van der Waals surface area (Å²) in [5.41, 5.74) is 1.95. The van der Waals surface area contributed by atoms with Gasteiger partial charge in [0.05, 0.1) is 21.9 Å². The molecule has 0 aromatic heterocycles. The van der Waals surface area contributed by atoms with Gasteiger partial charge in [-0.2, -0.15) is 0 Å². The largest absolute Gasteiger partial charge is 0.366 e. The van der Waals surface area contributed by atoms with Crippen molar-refractivity contribution in [2.24, 2.45) is 0 Å². The van der Waals surface area contributed by atoms with E-state index < -0.39 is 0 Å². The highest BCUT2D eigenvalue weighted by molar-refractivity contribution is 6.33. The zero-order valence-corrected chi connectivity index (χ0v) is 13.8. The quantitative estimate of drug-likeness (QED) is 0.924. The summed E-state index contributed by atoms with van der Waals surface area (Å²) < 4.78 is 6.12. The van der Waals surface area contributed by atoms with E-state index in [4.69, 9.17) is 16.3 Å². The number of morpholine rings is 1. The maximum atomic E-state index is 6.47. The third kappa shape index (κ3) is 3.66. The molecule has 20 heavy (non-hydrogen) atoms. The van der Waals surface area contributed by atoms with Gasteiger partial charge in [0.1, 0.15) is 0 Å². The maximum absolute atomic E-state index is 6.47. The van der Waals surface area contributed by atoms with Crippen LogP contribution >= 0.6 is 11.6 Å². The van der Waals surface area contributed by atoms with Crippen LogP contribution in [0.2, 0.25) is 5.02 Å². The Balaban J connectivity index is 2.26. The van der Waals surface area contributed by atoms with E-state index in [0.29, 0.717) is 0 Å². The second kappa shape index (κ2) is 5.55. The Morgan fingerprint density at radius 1 is 1.20 bits per heavy atom. The lowest BCUT2D eigenvalue weighted by molar-refractivity contribution is -0.133. The lowest BCUT2D eigenvalue weighted by Crippen LogP contribution is -2.57. The highest BCUT2D eigenvalue weighted by atomic mass is 35.5. The number of benzene rings is 1. The SMILES string of the molecule is CNCc1ccc(N2CC(C)(C)OC(C)(C)C2)c(Cl)c1. The first kappa shape index (κ1) is 15.6. The highest BCUT2D eigenvalue weighted by Crippen LogP contribution is 2.35. The van der Waals surface area contributed by atoms with Crippen molar-refractivity contribution in [3.05, 3.63) is 28.8 Å². The topological polar surface area (TPSA) is 24.5 Å². The standard InChI is InChI=1S/C16H25ClN2O/c1-15(2)10-19(11-16(3,4)20-15)14-7-6-12(9-18-5)8-13(14)17/h6-8,18H,9-11H2,1-5H3. The number of halogens is 1. The summed E-state index contributed by atoms with van der Waals surface area (Å²) in [7, 11) is 1.94. The second-order valence-corrected chi connectivity index (χ2v) is 7.20. The van der Waals surface area contributed by atoms with Gasteiger partial charge in [0.2, 0.25) is 0 Å². The lowest BCUT2D eigenvalue weighted by Gasteiger charge is -2.48. The molecule has 0 aliphatic carbocycles. The van der Waals surface area contributed by atoms with Gasteiger partial charge >= 0.3 is 0 Å². The summed E-state index contributed by atoms with van der Waals surface area (Å²) in [4.78, 5) is 2.33. The molecular weight excluding hydrogens is 272 g/mol. The van der Waals surface area contributed by atoms with Gasteiger partial charge in [0.15, 0.2) is 0 Å². The lowest BCUT2D eigenvalue weighted by atomic mass is 9.98. The Morgan fingerprint density at radius 2 is 1.80 bits per heavy atom. The van der Waals surface area contributed by atoms with Crippen LogP contribution in [0.5, 0.6) is 0 Å². The number of anilines is 1. The van der Waals surface area contributed by atoms with Gasteiger partial charge in [0, 0.05) is 19.6 Å². The van der Waals surface area contributed by atoms with Crippen LogP contribution in [0.4, 0.5) is 5.69 Å². The van der Waals surface area contributed by atoms with Gasteiger partial charge in [0.25, 0.3) is 0 Å². The first-order valence-electron chi connectivity index (χ1n) is 7.11. The van der Waals surface area contributed by atoms with E-state index in [9.17, 15) is 0 Å². The first-order valence-corrected chi connectivity index (χ1v) is 7.48. The normalized spacial score (nSPS) is 21.0. The van der Waals surface area contributed by atoms with Crippen LogP contribution in [-0.2, 0) is 11.3 Å². The van der Waals surface area contributed by atoms with E-state index in [2.05, 4.69) is 50.0 Å². The molecule has 1 aromatic rings. The zero-order valence-electron chi connectivity index (χ0n) is 13.1. The molecule has 1 aromatic carbocycles. The van der Waals surface area contributed by atoms with Gasteiger partial charge in [-0.25, -0.2) is 0 Å². The van der Waals surface area contributed by atoms with Crippen LogP contribution < -0.4 is 10.2 Å². The van der Waals surface area contributed by atoms with Crippen LogP contribution in [0, 0.1) is 0 Å². The van der Waals surface area contributed by atoms with Crippen LogP contribution in [0.25, 0.3) is 0 Å². The second-order valence-electron chi connectivity index (χ2n) is 6.79. The molecule has 2 rings (SSSR count). The fourth-order valence-corrected chi connectivity index (χ4v) is 3.40. The molecule has 0 spiro atoms. The highest BCUT2D eigenvalue weighted by Gasteiger charge is 2.38. The third-order valence-corrected chi connectivity index (χ3v) is 3.73. The Kier molecular flexibility index (Phi) is 4.33. The molecule has 1 heterocycles. The summed E-state index contributed by atoms with van der Waals surface area (Å²) >= 11 is 6.47. The molecule has 3 nitrogen and oxygen atoms in total. The van der Waals surface area contributed by atoms with Gasteiger partial charge < -0.3 is 15.0 Å². The van der Waals surface area contributed by atoms with Crippen molar-refractivity contribution in [3.63, 3.8) is 0 Å².